The Morgan fingerprint density at radius 2 is 2.11 bits per heavy atom. The molecule has 102 valence electrons. The number of aliphatic hydroxyl groups excluding tert-OH is 2. The van der Waals surface area contributed by atoms with Gasteiger partial charge in [0, 0.05) is 6.20 Å². The van der Waals surface area contributed by atoms with Crippen LogP contribution in [0, 0.1) is 0 Å². The number of aliphatic hydroxyl groups is 2. The molecule has 18 heavy (non-hydrogen) atoms. The Kier molecular flexibility index (Phi) is 4.80. The third-order valence-corrected chi connectivity index (χ3v) is 2.51. The lowest BCUT2D eigenvalue weighted by Gasteiger charge is -2.26. The van der Waals surface area contributed by atoms with Gasteiger partial charge in [-0.15, -0.1) is 0 Å². The Bertz CT molecular complexity index is 403. The SMILES string of the molecule is CC(CO)(CO)NC(=O)c1cccn1CC(F)F. The van der Waals surface area contributed by atoms with Gasteiger partial charge < -0.3 is 20.1 Å². The topological polar surface area (TPSA) is 74.5 Å². The van der Waals surface area contributed by atoms with Gasteiger partial charge in [-0.05, 0) is 19.1 Å². The van der Waals surface area contributed by atoms with E-state index in [4.69, 9.17) is 10.2 Å². The summed E-state index contributed by atoms with van der Waals surface area (Å²) in [7, 11) is 0. The smallest absolute Gasteiger partial charge is 0.268 e. The summed E-state index contributed by atoms with van der Waals surface area (Å²) in [6.45, 7) is -0.0361. The summed E-state index contributed by atoms with van der Waals surface area (Å²) >= 11 is 0. The Morgan fingerprint density at radius 3 is 2.61 bits per heavy atom. The molecule has 3 N–H and O–H groups in total. The van der Waals surface area contributed by atoms with Crippen molar-refractivity contribution in [3.63, 3.8) is 0 Å². The minimum Gasteiger partial charge on any atom is -0.394 e. The van der Waals surface area contributed by atoms with E-state index in [0.29, 0.717) is 0 Å². The molecule has 0 saturated carbocycles. The second-order valence-electron chi connectivity index (χ2n) is 4.27. The predicted octanol–water partition coefficient (Wildman–Crippen LogP) is 0.226. The van der Waals surface area contributed by atoms with Crippen molar-refractivity contribution < 1.29 is 23.8 Å². The van der Waals surface area contributed by atoms with Crippen molar-refractivity contribution >= 4 is 5.91 Å². The lowest BCUT2D eigenvalue weighted by Crippen LogP contribution is -2.52. The molecule has 0 saturated heterocycles. The van der Waals surface area contributed by atoms with Crippen LogP contribution in [0.3, 0.4) is 0 Å². The van der Waals surface area contributed by atoms with Crippen molar-refractivity contribution in [2.75, 3.05) is 13.2 Å². The van der Waals surface area contributed by atoms with Gasteiger partial charge in [-0.2, -0.15) is 0 Å². The summed E-state index contributed by atoms with van der Waals surface area (Å²) in [4.78, 5) is 11.8. The fourth-order valence-electron chi connectivity index (χ4n) is 1.40. The highest BCUT2D eigenvalue weighted by Crippen LogP contribution is 2.09. The van der Waals surface area contributed by atoms with Crippen molar-refractivity contribution in [3.05, 3.63) is 24.0 Å². The van der Waals surface area contributed by atoms with Crippen LogP contribution in [0.5, 0.6) is 0 Å². The van der Waals surface area contributed by atoms with E-state index in [9.17, 15) is 13.6 Å². The maximum absolute atomic E-state index is 12.3. The van der Waals surface area contributed by atoms with Crippen LogP contribution in [0.1, 0.15) is 17.4 Å². The molecular formula is C11H16F2N2O3. The summed E-state index contributed by atoms with van der Waals surface area (Å²) < 4.78 is 25.7. The summed E-state index contributed by atoms with van der Waals surface area (Å²) in [5, 5.41) is 20.5. The van der Waals surface area contributed by atoms with Gasteiger partial charge in [0.1, 0.15) is 5.69 Å². The molecule has 1 heterocycles. The van der Waals surface area contributed by atoms with E-state index >= 15 is 0 Å². The van der Waals surface area contributed by atoms with Gasteiger partial charge in [-0.1, -0.05) is 0 Å². The molecule has 7 heteroatoms. The zero-order valence-electron chi connectivity index (χ0n) is 9.94. The van der Waals surface area contributed by atoms with Crippen molar-refractivity contribution in [1.82, 2.24) is 9.88 Å². The number of rotatable bonds is 6. The van der Waals surface area contributed by atoms with Gasteiger partial charge in [0.2, 0.25) is 0 Å². The third kappa shape index (κ3) is 3.51. The molecule has 0 unspecified atom stereocenters. The van der Waals surface area contributed by atoms with Crippen LogP contribution in [-0.2, 0) is 6.54 Å². The predicted molar refractivity (Wildman–Crippen MR) is 60.5 cm³/mol. The highest BCUT2D eigenvalue weighted by Gasteiger charge is 2.26. The van der Waals surface area contributed by atoms with Crippen molar-refractivity contribution in [1.29, 1.82) is 0 Å². The molecule has 0 spiro atoms. The molecule has 1 rings (SSSR count). The zero-order valence-corrected chi connectivity index (χ0v) is 9.94. The molecule has 0 aliphatic heterocycles. The molecule has 0 atom stereocenters. The van der Waals surface area contributed by atoms with Crippen molar-refractivity contribution in [3.8, 4) is 0 Å². The first-order valence-corrected chi connectivity index (χ1v) is 5.39. The fraction of sp³-hybridized carbons (Fsp3) is 0.545. The van der Waals surface area contributed by atoms with Crippen LogP contribution >= 0.6 is 0 Å². The van der Waals surface area contributed by atoms with Crippen LogP contribution < -0.4 is 5.32 Å². The van der Waals surface area contributed by atoms with Gasteiger partial charge in [0.05, 0.1) is 25.3 Å². The van der Waals surface area contributed by atoms with Crippen LogP contribution in [0.4, 0.5) is 8.78 Å². The number of carbonyl (C=O) groups is 1. The van der Waals surface area contributed by atoms with E-state index in [2.05, 4.69) is 5.32 Å². The first-order chi connectivity index (χ1) is 8.41. The monoisotopic (exact) mass is 262 g/mol. The molecule has 5 nitrogen and oxygen atoms in total. The molecule has 1 amide bonds. The fourth-order valence-corrected chi connectivity index (χ4v) is 1.40. The van der Waals surface area contributed by atoms with E-state index in [-0.39, 0.29) is 5.69 Å². The third-order valence-electron chi connectivity index (χ3n) is 2.51. The minimum atomic E-state index is -2.56. The standard InChI is InChI=1S/C11H16F2N2O3/c1-11(6-16,7-17)14-10(18)8-3-2-4-15(8)5-9(12)13/h2-4,9,16-17H,5-7H2,1H3,(H,14,18). The molecule has 1 aromatic rings. The van der Waals surface area contributed by atoms with E-state index in [1.54, 1.807) is 0 Å². The quantitative estimate of drug-likeness (QED) is 0.687. The van der Waals surface area contributed by atoms with E-state index < -0.39 is 37.6 Å². The molecule has 0 bridgehead atoms. The Labute approximate surface area is 103 Å². The van der Waals surface area contributed by atoms with Crippen LogP contribution in [0.15, 0.2) is 18.3 Å². The van der Waals surface area contributed by atoms with E-state index in [1.807, 2.05) is 0 Å². The first-order valence-electron chi connectivity index (χ1n) is 5.39. The lowest BCUT2D eigenvalue weighted by atomic mass is 10.1. The number of alkyl halides is 2. The molecule has 0 aliphatic rings. The van der Waals surface area contributed by atoms with Gasteiger partial charge in [0.25, 0.3) is 12.3 Å². The molecule has 0 radical (unpaired) electrons. The highest BCUT2D eigenvalue weighted by atomic mass is 19.3. The number of amides is 1. The average Bonchev–Trinajstić information content (AvgIpc) is 2.76. The van der Waals surface area contributed by atoms with Gasteiger partial charge in [0.15, 0.2) is 0 Å². The molecule has 0 fully saturated rings. The van der Waals surface area contributed by atoms with E-state index in [0.717, 1.165) is 4.57 Å². The zero-order chi connectivity index (χ0) is 13.8. The van der Waals surface area contributed by atoms with Gasteiger partial charge >= 0.3 is 0 Å². The number of hydrogen-bond donors (Lipinski definition) is 3. The Balaban J connectivity index is 2.81. The van der Waals surface area contributed by atoms with Crippen LogP contribution in [0.2, 0.25) is 0 Å². The minimum absolute atomic E-state index is 0.0587. The maximum Gasteiger partial charge on any atom is 0.268 e. The lowest BCUT2D eigenvalue weighted by molar-refractivity contribution is 0.0709. The number of halogens is 2. The molecular weight excluding hydrogens is 246 g/mol. The Morgan fingerprint density at radius 1 is 1.50 bits per heavy atom. The van der Waals surface area contributed by atoms with Gasteiger partial charge in [-0.3, -0.25) is 4.79 Å². The van der Waals surface area contributed by atoms with Crippen LogP contribution in [0.25, 0.3) is 0 Å². The first kappa shape index (κ1) is 14.6. The number of nitrogens with zero attached hydrogens (tertiary/aromatic N) is 1. The van der Waals surface area contributed by atoms with Crippen LogP contribution in [-0.4, -0.2) is 45.9 Å². The molecule has 0 aromatic carbocycles. The normalized spacial score (nSPS) is 11.9. The highest BCUT2D eigenvalue weighted by molar-refractivity contribution is 5.93. The second-order valence-corrected chi connectivity index (χ2v) is 4.27. The van der Waals surface area contributed by atoms with E-state index in [1.165, 1.54) is 25.3 Å². The van der Waals surface area contributed by atoms with Crippen molar-refractivity contribution in [2.45, 2.75) is 25.4 Å². The summed E-state index contributed by atoms with van der Waals surface area (Å²) in [6, 6.07) is 2.87. The maximum atomic E-state index is 12.3. The number of aromatic nitrogens is 1. The second kappa shape index (κ2) is 5.92. The molecule has 1 aromatic heterocycles. The number of nitrogens with one attached hydrogen (secondary N) is 1. The number of carbonyl (C=O) groups excluding carboxylic acids is 1. The average molecular weight is 262 g/mol. The number of hydrogen-bond acceptors (Lipinski definition) is 3. The van der Waals surface area contributed by atoms with Crippen molar-refractivity contribution in [2.24, 2.45) is 0 Å². The largest absolute Gasteiger partial charge is 0.394 e. The van der Waals surface area contributed by atoms with Gasteiger partial charge in [-0.25, -0.2) is 8.78 Å². The molecule has 0 aliphatic carbocycles. The summed E-state index contributed by atoms with van der Waals surface area (Å²) in [5.74, 6) is -0.619. The summed E-state index contributed by atoms with van der Waals surface area (Å²) in [5.41, 5.74) is -1.12. The Hall–Kier alpha value is -1.47. The summed E-state index contributed by atoms with van der Waals surface area (Å²) in [6.07, 6.45) is -1.19.